The number of rotatable bonds is 7. The SMILES string of the molecule is CCCOc1ccc(/C(O)=C2/C(=O)C(=O)N(c3ccc(CC)cc3)C2c2cccs2)cc1. The van der Waals surface area contributed by atoms with Gasteiger partial charge in [-0.1, -0.05) is 32.0 Å². The quantitative estimate of drug-likeness (QED) is 0.286. The summed E-state index contributed by atoms with van der Waals surface area (Å²) in [6, 6.07) is 17.6. The molecule has 1 saturated heterocycles. The minimum absolute atomic E-state index is 0.0965. The molecule has 32 heavy (non-hydrogen) atoms. The van der Waals surface area contributed by atoms with E-state index in [2.05, 4.69) is 6.92 Å². The van der Waals surface area contributed by atoms with Gasteiger partial charge in [-0.2, -0.15) is 0 Å². The van der Waals surface area contributed by atoms with E-state index in [-0.39, 0.29) is 11.3 Å². The van der Waals surface area contributed by atoms with Gasteiger partial charge in [0.2, 0.25) is 0 Å². The molecule has 164 valence electrons. The summed E-state index contributed by atoms with van der Waals surface area (Å²) < 4.78 is 5.60. The zero-order valence-corrected chi connectivity index (χ0v) is 18.9. The van der Waals surface area contributed by atoms with Crippen LogP contribution in [0.1, 0.15) is 42.3 Å². The lowest BCUT2D eigenvalue weighted by atomic mass is 9.99. The van der Waals surface area contributed by atoms with Crippen LogP contribution in [0.2, 0.25) is 0 Å². The molecular weight excluding hydrogens is 422 g/mol. The van der Waals surface area contributed by atoms with Crippen LogP contribution >= 0.6 is 11.3 Å². The van der Waals surface area contributed by atoms with Crippen LogP contribution in [0.15, 0.2) is 71.6 Å². The van der Waals surface area contributed by atoms with E-state index < -0.39 is 17.7 Å². The third-order valence-electron chi connectivity index (χ3n) is 5.48. The van der Waals surface area contributed by atoms with Crippen LogP contribution in [0, 0.1) is 0 Å². The zero-order valence-electron chi connectivity index (χ0n) is 18.1. The van der Waals surface area contributed by atoms with Gasteiger partial charge in [0.25, 0.3) is 11.7 Å². The van der Waals surface area contributed by atoms with Crippen LogP contribution in [-0.2, 0) is 16.0 Å². The number of hydrogen-bond acceptors (Lipinski definition) is 5. The summed E-state index contributed by atoms with van der Waals surface area (Å²) in [5.74, 6) is -0.824. The summed E-state index contributed by atoms with van der Waals surface area (Å²) in [5, 5.41) is 13.0. The number of ketones is 1. The predicted octanol–water partition coefficient (Wildman–Crippen LogP) is 5.73. The Labute approximate surface area is 191 Å². The van der Waals surface area contributed by atoms with Gasteiger partial charge in [-0.05, 0) is 66.2 Å². The number of aliphatic hydroxyl groups excluding tert-OH is 1. The molecule has 4 rings (SSSR count). The third-order valence-corrected chi connectivity index (χ3v) is 6.41. The topological polar surface area (TPSA) is 66.8 Å². The fraction of sp³-hybridized carbons (Fsp3) is 0.231. The first-order chi connectivity index (χ1) is 15.5. The zero-order chi connectivity index (χ0) is 22.7. The highest BCUT2D eigenvalue weighted by molar-refractivity contribution is 7.10. The number of amides is 1. The molecule has 1 fully saturated rings. The van der Waals surface area contributed by atoms with Gasteiger partial charge in [0.15, 0.2) is 0 Å². The second kappa shape index (κ2) is 9.40. The Morgan fingerprint density at radius 2 is 1.75 bits per heavy atom. The normalized spacial score (nSPS) is 17.7. The molecular formula is C26H25NO4S. The van der Waals surface area contributed by atoms with Crippen LogP contribution in [0.5, 0.6) is 5.75 Å². The van der Waals surface area contributed by atoms with E-state index in [9.17, 15) is 14.7 Å². The number of aliphatic hydroxyl groups is 1. The van der Waals surface area contributed by atoms with Crippen LogP contribution < -0.4 is 9.64 Å². The van der Waals surface area contributed by atoms with Crippen molar-refractivity contribution in [2.75, 3.05) is 11.5 Å². The van der Waals surface area contributed by atoms with Crippen molar-refractivity contribution in [2.45, 2.75) is 32.7 Å². The molecule has 5 nitrogen and oxygen atoms in total. The summed E-state index contributed by atoms with van der Waals surface area (Å²) >= 11 is 1.45. The van der Waals surface area contributed by atoms with E-state index >= 15 is 0 Å². The van der Waals surface area contributed by atoms with Gasteiger partial charge in [-0.25, -0.2) is 0 Å². The average Bonchev–Trinajstić information content (AvgIpc) is 3.45. The van der Waals surface area contributed by atoms with Crippen molar-refractivity contribution in [2.24, 2.45) is 0 Å². The first kappa shape index (κ1) is 21.8. The van der Waals surface area contributed by atoms with E-state index in [1.165, 1.54) is 16.2 Å². The molecule has 6 heteroatoms. The summed E-state index contributed by atoms with van der Waals surface area (Å²) in [6.07, 6.45) is 1.77. The van der Waals surface area contributed by atoms with Crippen LogP contribution in [-0.4, -0.2) is 23.4 Å². The Hall–Kier alpha value is -3.38. The molecule has 0 spiro atoms. The van der Waals surface area contributed by atoms with Crippen molar-refractivity contribution in [3.8, 4) is 5.75 Å². The molecule has 2 aromatic carbocycles. The van der Waals surface area contributed by atoms with Gasteiger partial charge in [0.05, 0.1) is 12.2 Å². The van der Waals surface area contributed by atoms with Crippen molar-refractivity contribution in [1.82, 2.24) is 0 Å². The lowest BCUT2D eigenvalue weighted by molar-refractivity contribution is -0.132. The number of Topliss-reactive ketones (excluding diaryl/α,β-unsaturated/α-hetero) is 1. The highest BCUT2D eigenvalue weighted by atomic mass is 32.1. The van der Waals surface area contributed by atoms with E-state index in [0.29, 0.717) is 23.6 Å². The number of nitrogens with zero attached hydrogens (tertiary/aromatic N) is 1. The van der Waals surface area contributed by atoms with Crippen molar-refractivity contribution in [3.05, 3.63) is 87.6 Å². The molecule has 0 radical (unpaired) electrons. The molecule has 2 heterocycles. The largest absolute Gasteiger partial charge is 0.507 e. The second-order valence-corrected chi connectivity index (χ2v) is 8.56. The van der Waals surface area contributed by atoms with Crippen molar-refractivity contribution in [1.29, 1.82) is 0 Å². The summed E-state index contributed by atoms with van der Waals surface area (Å²) in [6.45, 7) is 4.69. The minimum Gasteiger partial charge on any atom is -0.507 e. The maximum absolute atomic E-state index is 13.1. The average molecular weight is 448 g/mol. The highest BCUT2D eigenvalue weighted by Gasteiger charge is 2.47. The Morgan fingerprint density at radius 3 is 2.34 bits per heavy atom. The number of carbonyl (C=O) groups excluding carboxylic acids is 2. The molecule has 1 aliphatic rings. The molecule has 3 aromatic rings. The number of anilines is 1. The number of ether oxygens (including phenoxy) is 1. The van der Waals surface area contributed by atoms with Crippen LogP contribution in [0.4, 0.5) is 5.69 Å². The lowest BCUT2D eigenvalue weighted by Gasteiger charge is -2.24. The fourth-order valence-corrected chi connectivity index (χ4v) is 4.62. The monoisotopic (exact) mass is 447 g/mol. The van der Waals surface area contributed by atoms with E-state index in [1.807, 2.05) is 48.7 Å². The van der Waals surface area contributed by atoms with Crippen molar-refractivity contribution in [3.63, 3.8) is 0 Å². The third kappa shape index (κ3) is 4.06. The number of thiophene rings is 1. The molecule has 1 aromatic heterocycles. The Morgan fingerprint density at radius 1 is 1.03 bits per heavy atom. The molecule has 1 unspecified atom stereocenters. The van der Waals surface area contributed by atoms with Crippen LogP contribution in [0.25, 0.3) is 5.76 Å². The number of carbonyl (C=O) groups is 2. The molecule has 1 atom stereocenters. The summed E-state index contributed by atoms with van der Waals surface area (Å²) in [4.78, 5) is 28.5. The van der Waals surface area contributed by atoms with E-state index in [0.717, 1.165) is 23.3 Å². The maximum Gasteiger partial charge on any atom is 0.300 e. The lowest BCUT2D eigenvalue weighted by Crippen LogP contribution is -2.29. The van der Waals surface area contributed by atoms with Crippen molar-refractivity contribution < 1.29 is 19.4 Å². The molecule has 0 bridgehead atoms. The van der Waals surface area contributed by atoms with Gasteiger partial charge in [0, 0.05) is 16.1 Å². The molecule has 1 amide bonds. The predicted molar refractivity (Wildman–Crippen MR) is 127 cm³/mol. The Kier molecular flexibility index (Phi) is 6.42. The van der Waals surface area contributed by atoms with Gasteiger partial charge in [-0.3, -0.25) is 14.5 Å². The van der Waals surface area contributed by atoms with Gasteiger partial charge in [0.1, 0.15) is 17.6 Å². The molecule has 0 saturated carbocycles. The summed E-state index contributed by atoms with van der Waals surface area (Å²) in [5.41, 5.74) is 2.34. The minimum atomic E-state index is -0.688. The smallest absolute Gasteiger partial charge is 0.300 e. The van der Waals surface area contributed by atoms with Gasteiger partial charge >= 0.3 is 0 Å². The fourth-order valence-electron chi connectivity index (χ4n) is 3.79. The van der Waals surface area contributed by atoms with Crippen molar-refractivity contribution >= 4 is 34.5 Å². The highest BCUT2D eigenvalue weighted by Crippen LogP contribution is 2.43. The first-order valence-corrected chi connectivity index (χ1v) is 11.6. The molecule has 1 N–H and O–H groups in total. The van der Waals surface area contributed by atoms with E-state index in [1.54, 1.807) is 24.3 Å². The summed E-state index contributed by atoms with van der Waals surface area (Å²) in [7, 11) is 0. The van der Waals surface area contributed by atoms with Gasteiger partial charge < -0.3 is 9.84 Å². The number of benzene rings is 2. The standard InChI is InChI=1S/C26H25NO4S/c1-3-15-31-20-13-9-18(10-14-20)24(28)22-23(21-6-5-16-32-21)27(26(30)25(22)29)19-11-7-17(4-2)8-12-19/h5-14,16,23,28H,3-4,15H2,1-2H3/b24-22-. The molecule has 1 aliphatic heterocycles. The van der Waals surface area contributed by atoms with Gasteiger partial charge in [-0.15, -0.1) is 11.3 Å². The van der Waals surface area contributed by atoms with E-state index in [4.69, 9.17) is 4.74 Å². The first-order valence-electron chi connectivity index (χ1n) is 10.7. The maximum atomic E-state index is 13.1. The Balaban J connectivity index is 1.79. The number of aryl methyl sites for hydroxylation is 1. The molecule has 0 aliphatic carbocycles. The van der Waals surface area contributed by atoms with Crippen LogP contribution in [0.3, 0.4) is 0 Å². The Bertz CT molecular complexity index is 1130. The number of hydrogen-bond donors (Lipinski definition) is 1. The second-order valence-electron chi connectivity index (χ2n) is 7.58.